The summed E-state index contributed by atoms with van der Waals surface area (Å²) in [4.78, 5) is 19.1. The zero-order chi connectivity index (χ0) is 17.3. The van der Waals surface area contributed by atoms with Gasteiger partial charge in [-0.1, -0.05) is 20.8 Å². The fourth-order valence-corrected chi connectivity index (χ4v) is 3.11. The van der Waals surface area contributed by atoms with Crippen molar-refractivity contribution in [2.75, 3.05) is 18.9 Å². The number of carbonyl (C=O) groups is 1. The molecule has 24 heavy (non-hydrogen) atoms. The van der Waals surface area contributed by atoms with Gasteiger partial charge in [0.05, 0.1) is 6.04 Å². The van der Waals surface area contributed by atoms with E-state index in [1.807, 2.05) is 30.1 Å². The average molecular weight is 327 g/mol. The van der Waals surface area contributed by atoms with E-state index in [1.54, 1.807) is 6.20 Å². The van der Waals surface area contributed by atoms with Crippen molar-refractivity contribution < 1.29 is 4.79 Å². The zero-order valence-electron chi connectivity index (χ0n) is 14.8. The van der Waals surface area contributed by atoms with E-state index < -0.39 is 0 Å². The van der Waals surface area contributed by atoms with Gasteiger partial charge < -0.3 is 10.2 Å². The van der Waals surface area contributed by atoms with E-state index in [9.17, 15) is 4.79 Å². The Morgan fingerprint density at radius 3 is 2.83 bits per heavy atom. The van der Waals surface area contributed by atoms with Crippen LogP contribution < -0.4 is 5.32 Å². The van der Waals surface area contributed by atoms with E-state index in [4.69, 9.17) is 0 Å². The summed E-state index contributed by atoms with van der Waals surface area (Å²) in [5, 5.41) is 10.3. The van der Waals surface area contributed by atoms with Gasteiger partial charge in [0.15, 0.2) is 0 Å². The van der Waals surface area contributed by atoms with E-state index in [2.05, 4.69) is 41.3 Å². The molecule has 1 atom stereocenters. The summed E-state index contributed by atoms with van der Waals surface area (Å²) >= 11 is 0. The molecule has 0 radical (unpaired) electrons. The van der Waals surface area contributed by atoms with Crippen molar-refractivity contribution in [2.45, 2.75) is 45.1 Å². The lowest BCUT2D eigenvalue weighted by Gasteiger charge is -2.24. The largest absolute Gasteiger partial charge is 0.373 e. The standard InChI is InChI=1S/C18H25N5O/c1-18(2,3)15-11-13(21-22-15)17(24)23-9-5-6-14(23)12-7-8-20-16(10-12)19-4/h7-8,10-11,14H,5-6,9H2,1-4H3,(H,19,20)(H,21,22)/t14-/m0/s1. The van der Waals surface area contributed by atoms with E-state index in [0.29, 0.717) is 5.69 Å². The van der Waals surface area contributed by atoms with Crippen molar-refractivity contribution in [3.8, 4) is 0 Å². The zero-order valence-corrected chi connectivity index (χ0v) is 14.8. The first kappa shape index (κ1) is 16.5. The maximum Gasteiger partial charge on any atom is 0.274 e. The molecule has 0 bridgehead atoms. The van der Waals surface area contributed by atoms with Crippen LogP contribution in [0, 0.1) is 0 Å². The van der Waals surface area contributed by atoms with Gasteiger partial charge in [-0.15, -0.1) is 0 Å². The number of anilines is 1. The van der Waals surface area contributed by atoms with Crippen molar-refractivity contribution >= 4 is 11.7 Å². The molecule has 3 heterocycles. The molecule has 1 saturated heterocycles. The maximum atomic E-state index is 12.9. The molecule has 0 aromatic carbocycles. The second-order valence-corrected chi connectivity index (χ2v) is 7.30. The smallest absolute Gasteiger partial charge is 0.274 e. The van der Waals surface area contributed by atoms with Crippen molar-refractivity contribution in [1.82, 2.24) is 20.1 Å². The highest BCUT2D eigenvalue weighted by Gasteiger charge is 2.32. The Balaban J connectivity index is 1.84. The van der Waals surface area contributed by atoms with Gasteiger partial charge in [-0.05, 0) is 36.6 Å². The van der Waals surface area contributed by atoms with Gasteiger partial charge in [0.25, 0.3) is 5.91 Å². The Bertz CT molecular complexity index is 731. The third-order valence-corrected chi connectivity index (χ3v) is 4.54. The van der Waals surface area contributed by atoms with Crippen LogP contribution in [-0.2, 0) is 5.41 Å². The first-order chi connectivity index (χ1) is 11.4. The van der Waals surface area contributed by atoms with Gasteiger partial charge in [0, 0.05) is 30.9 Å². The molecule has 2 aromatic heterocycles. The maximum absolute atomic E-state index is 12.9. The van der Waals surface area contributed by atoms with Crippen LogP contribution in [0.4, 0.5) is 5.82 Å². The molecule has 128 valence electrons. The Morgan fingerprint density at radius 1 is 1.38 bits per heavy atom. The van der Waals surface area contributed by atoms with Crippen molar-refractivity contribution in [3.63, 3.8) is 0 Å². The number of carbonyl (C=O) groups excluding carboxylic acids is 1. The van der Waals surface area contributed by atoms with Gasteiger partial charge in [-0.3, -0.25) is 9.89 Å². The number of H-pyrrole nitrogens is 1. The Hall–Kier alpha value is -2.37. The summed E-state index contributed by atoms with van der Waals surface area (Å²) in [6.07, 6.45) is 3.76. The third-order valence-electron chi connectivity index (χ3n) is 4.54. The number of likely N-dealkylation sites (tertiary alicyclic amines) is 1. The van der Waals surface area contributed by atoms with Gasteiger partial charge in [0.1, 0.15) is 11.5 Å². The molecule has 2 N–H and O–H groups in total. The number of pyridine rings is 1. The molecule has 6 nitrogen and oxygen atoms in total. The first-order valence-corrected chi connectivity index (χ1v) is 8.40. The highest BCUT2D eigenvalue weighted by atomic mass is 16.2. The molecule has 1 amide bonds. The minimum atomic E-state index is -0.0528. The summed E-state index contributed by atoms with van der Waals surface area (Å²) in [6.45, 7) is 7.06. The molecule has 1 aliphatic heterocycles. The van der Waals surface area contributed by atoms with E-state index in [0.717, 1.165) is 36.5 Å². The molecule has 1 aliphatic rings. The number of aromatic nitrogens is 3. The highest BCUT2D eigenvalue weighted by molar-refractivity contribution is 5.93. The highest BCUT2D eigenvalue weighted by Crippen LogP contribution is 2.34. The summed E-state index contributed by atoms with van der Waals surface area (Å²) in [6, 6.07) is 5.97. The second-order valence-electron chi connectivity index (χ2n) is 7.30. The van der Waals surface area contributed by atoms with Crippen molar-refractivity contribution in [1.29, 1.82) is 0 Å². The van der Waals surface area contributed by atoms with Gasteiger partial charge in [-0.2, -0.15) is 5.10 Å². The molecule has 2 aromatic rings. The summed E-state index contributed by atoms with van der Waals surface area (Å²) in [5.41, 5.74) is 2.53. The predicted octanol–water partition coefficient (Wildman–Crippen LogP) is 3.12. The topological polar surface area (TPSA) is 73.9 Å². The van der Waals surface area contributed by atoms with Crippen LogP contribution in [0.3, 0.4) is 0 Å². The van der Waals surface area contributed by atoms with E-state index >= 15 is 0 Å². The number of hydrogen-bond donors (Lipinski definition) is 2. The fraction of sp³-hybridized carbons (Fsp3) is 0.500. The van der Waals surface area contributed by atoms with Crippen LogP contribution in [0.5, 0.6) is 0 Å². The van der Waals surface area contributed by atoms with Crippen LogP contribution in [0.1, 0.15) is 61.4 Å². The fourth-order valence-electron chi connectivity index (χ4n) is 3.11. The third kappa shape index (κ3) is 3.13. The number of aromatic amines is 1. The van der Waals surface area contributed by atoms with Crippen LogP contribution in [0.15, 0.2) is 24.4 Å². The predicted molar refractivity (Wildman–Crippen MR) is 94.1 cm³/mol. The summed E-state index contributed by atoms with van der Waals surface area (Å²) in [7, 11) is 1.85. The lowest BCUT2D eigenvalue weighted by atomic mass is 9.92. The molecule has 3 rings (SSSR count). The molecular formula is C18H25N5O. The van der Waals surface area contributed by atoms with Gasteiger partial charge in [-0.25, -0.2) is 4.98 Å². The van der Waals surface area contributed by atoms with Crippen LogP contribution in [0.2, 0.25) is 0 Å². The van der Waals surface area contributed by atoms with E-state index in [-0.39, 0.29) is 17.4 Å². The number of nitrogens with one attached hydrogen (secondary N) is 2. The molecule has 0 spiro atoms. The molecule has 0 saturated carbocycles. The van der Waals surface area contributed by atoms with Crippen LogP contribution in [0.25, 0.3) is 0 Å². The monoisotopic (exact) mass is 327 g/mol. The number of nitrogens with zero attached hydrogens (tertiary/aromatic N) is 3. The normalized spacial score (nSPS) is 18.0. The van der Waals surface area contributed by atoms with Crippen molar-refractivity contribution in [3.05, 3.63) is 41.3 Å². The lowest BCUT2D eigenvalue weighted by Crippen LogP contribution is -2.31. The van der Waals surface area contributed by atoms with Crippen molar-refractivity contribution in [2.24, 2.45) is 0 Å². The van der Waals surface area contributed by atoms with Gasteiger partial charge >= 0.3 is 0 Å². The summed E-state index contributed by atoms with van der Waals surface area (Å²) < 4.78 is 0. The quantitative estimate of drug-likeness (QED) is 0.908. The second kappa shape index (κ2) is 6.26. The number of amides is 1. The van der Waals surface area contributed by atoms with Crippen LogP contribution >= 0.6 is 0 Å². The average Bonchev–Trinajstić information content (AvgIpc) is 3.23. The lowest BCUT2D eigenvalue weighted by molar-refractivity contribution is 0.0729. The Kier molecular flexibility index (Phi) is 4.30. The molecule has 1 fully saturated rings. The SMILES string of the molecule is CNc1cc([C@@H]2CCCN2C(=O)c2cc(C(C)(C)C)[nH]n2)ccn1. The van der Waals surface area contributed by atoms with E-state index in [1.165, 1.54) is 0 Å². The molecule has 0 aliphatic carbocycles. The Morgan fingerprint density at radius 2 is 2.17 bits per heavy atom. The molecule has 0 unspecified atom stereocenters. The minimum Gasteiger partial charge on any atom is -0.373 e. The summed E-state index contributed by atoms with van der Waals surface area (Å²) in [5.74, 6) is 0.814. The van der Waals surface area contributed by atoms with Gasteiger partial charge in [0.2, 0.25) is 0 Å². The number of rotatable bonds is 3. The first-order valence-electron chi connectivity index (χ1n) is 8.40. The number of hydrogen-bond acceptors (Lipinski definition) is 4. The molecule has 6 heteroatoms. The van der Waals surface area contributed by atoms with Crippen LogP contribution in [-0.4, -0.2) is 39.6 Å². The minimum absolute atomic E-state index is 0.00734. The molecular weight excluding hydrogens is 302 g/mol. The Labute approximate surface area is 142 Å².